The Labute approximate surface area is 129 Å². The lowest BCUT2D eigenvalue weighted by atomic mass is 10.2. The molecule has 1 aromatic heterocycles. The van der Waals surface area contributed by atoms with Crippen molar-refractivity contribution >= 4 is 23.6 Å². The van der Waals surface area contributed by atoms with E-state index < -0.39 is 0 Å². The molecule has 2 aromatic rings. The van der Waals surface area contributed by atoms with Crippen molar-refractivity contribution in [1.29, 1.82) is 0 Å². The van der Waals surface area contributed by atoms with E-state index in [9.17, 15) is 0 Å². The second kappa shape index (κ2) is 6.59. The number of rotatable bonds is 3. The molecule has 0 atom stereocenters. The highest BCUT2D eigenvalue weighted by Crippen LogP contribution is 2.14. The Morgan fingerprint density at radius 3 is 2.48 bits per heavy atom. The molecule has 1 saturated heterocycles. The van der Waals surface area contributed by atoms with Gasteiger partial charge in [-0.25, -0.2) is 4.98 Å². The van der Waals surface area contributed by atoms with Gasteiger partial charge >= 0.3 is 0 Å². The second-order valence-corrected chi connectivity index (χ2v) is 5.30. The monoisotopic (exact) mass is 300 g/mol. The zero-order valence-corrected chi connectivity index (χ0v) is 12.4. The van der Waals surface area contributed by atoms with Crippen LogP contribution in [0.2, 0.25) is 5.02 Å². The van der Waals surface area contributed by atoms with Crippen LogP contribution in [0.3, 0.4) is 0 Å². The summed E-state index contributed by atoms with van der Waals surface area (Å²) in [6.07, 6.45) is 3.66. The van der Waals surface area contributed by atoms with Crippen LogP contribution in [0.15, 0.2) is 53.8 Å². The van der Waals surface area contributed by atoms with E-state index in [4.69, 9.17) is 11.6 Å². The largest absolute Gasteiger partial charge is 0.353 e. The minimum Gasteiger partial charge on any atom is -0.353 e. The lowest BCUT2D eigenvalue weighted by molar-refractivity contribution is 0.271. The maximum Gasteiger partial charge on any atom is 0.128 e. The molecule has 0 aliphatic carbocycles. The van der Waals surface area contributed by atoms with E-state index >= 15 is 0 Å². The molecule has 2 heterocycles. The van der Waals surface area contributed by atoms with Crippen LogP contribution in [-0.4, -0.2) is 42.4 Å². The molecule has 5 heteroatoms. The Bertz CT molecular complexity index is 607. The smallest absolute Gasteiger partial charge is 0.128 e. The van der Waals surface area contributed by atoms with Gasteiger partial charge in [0.1, 0.15) is 5.82 Å². The summed E-state index contributed by atoms with van der Waals surface area (Å²) in [5.74, 6) is 1.03. The summed E-state index contributed by atoms with van der Waals surface area (Å²) in [5, 5.41) is 7.32. The van der Waals surface area contributed by atoms with Crippen molar-refractivity contribution in [2.45, 2.75) is 0 Å². The minimum absolute atomic E-state index is 0.730. The molecule has 21 heavy (non-hydrogen) atoms. The first-order chi connectivity index (χ1) is 10.3. The first-order valence-corrected chi connectivity index (χ1v) is 7.40. The van der Waals surface area contributed by atoms with Gasteiger partial charge in [-0.2, -0.15) is 5.10 Å². The van der Waals surface area contributed by atoms with Gasteiger partial charge in [-0.3, -0.25) is 5.01 Å². The average Bonchev–Trinajstić information content (AvgIpc) is 2.55. The van der Waals surface area contributed by atoms with Crippen LogP contribution in [0.4, 0.5) is 5.82 Å². The fourth-order valence-corrected chi connectivity index (χ4v) is 2.49. The van der Waals surface area contributed by atoms with E-state index in [1.54, 1.807) is 0 Å². The van der Waals surface area contributed by atoms with E-state index in [0.29, 0.717) is 0 Å². The van der Waals surface area contributed by atoms with Gasteiger partial charge < -0.3 is 4.90 Å². The van der Waals surface area contributed by atoms with Crippen molar-refractivity contribution in [2.75, 3.05) is 31.1 Å². The Kier molecular flexibility index (Phi) is 4.36. The molecule has 1 aromatic carbocycles. The van der Waals surface area contributed by atoms with Gasteiger partial charge in [0.25, 0.3) is 0 Å². The molecule has 0 radical (unpaired) electrons. The van der Waals surface area contributed by atoms with Crippen molar-refractivity contribution in [1.82, 2.24) is 9.99 Å². The maximum absolute atomic E-state index is 6.12. The Morgan fingerprint density at radius 2 is 1.76 bits per heavy atom. The standard InChI is InChI=1S/C16H17ClN4/c17-15-6-2-1-5-14(15)13-19-21-11-9-20(10-12-21)16-7-3-4-8-18-16/h1-8,13H,9-12H2. The minimum atomic E-state index is 0.730. The predicted octanol–water partition coefficient (Wildman–Crippen LogP) is 2.89. The molecule has 0 amide bonds. The number of halogens is 1. The van der Waals surface area contributed by atoms with Crippen LogP contribution in [0.1, 0.15) is 5.56 Å². The highest BCUT2D eigenvalue weighted by atomic mass is 35.5. The summed E-state index contributed by atoms with van der Waals surface area (Å²) in [4.78, 5) is 6.66. The number of hydrogen-bond acceptors (Lipinski definition) is 4. The van der Waals surface area contributed by atoms with Crippen molar-refractivity contribution in [3.8, 4) is 0 Å². The Morgan fingerprint density at radius 1 is 1.00 bits per heavy atom. The van der Waals surface area contributed by atoms with Gasteiger partial charge in [-0.05, 0) is 18.2 Å². The fourth-order valence-electron chi connectivity index (χ4n) is 2.30. The summed E-state index contributed by atoms with van der Waals surface area (Å²) < 4.78 is 0. The first kappa shape index (κ1) is 13.9. The van der Waals surface area contributed by atoms with E-state index in [0.717, 1.165) is 42.6 Å². The summed E-state index contributed by atoms with van der Waals surface area (Å²) >= 11 is 6.12. The predicted molar refractivity (Wildman–Crippen MR) is 87.1 cm³/mol. The van der Waals surface area contributed by atoms with E-state index in [1.165, 1.54) is 0 Å². The van der Waals surface area contributed by atoms with Gasteiger partial charge in [-0.15, -0.1) is 0 Å². The number of anilines is 1. The number of hydrogen-bond donors (Lipinski definition) is 0. The normalized spacial score (nSPS) is 15.7. The van der Waals surface area contributed by atoms with Crippen molar-refractivity contribution in [3.05, 3.63) is 59.2 Å². The van der Waals surface area contributed by atoms with E-state index in [1.807, 2.05) is 54.9 Å². The third-order valence-electron chi connectivity index (χ3n) is 3.49. The second-order valence-electron chi connectivity index (χ2n) is 4.89. The summed E-state index contributed by atoms with van der Waals surface area (Å²) in [6.45, 7) is 3.63. The molecular weight excluding hydrogens is 284 g/mol. The van der Waals surface area contributed by atoms with Gasteiger partial charge in [0.2, 0.25) is 0 Å². The molecule has 1 aliphatic rings. The SMILES string of the molecule is Clc1ccccc1C=NN1CCN(c2ccccn2)CC1. The van der Waals surface area contributed by atoms with Gasteiger partial charge in [0, 0.05) is 29.9 Å². The van der Waals surface area contributed by atoms with Gasteiger partial charge in [0.15, 0.2) is 0 Å². The zero-order valence-electron chi connectivity index (χ0n) is 11.7. The molecule has 0 saturated carbocycles. The molecule has 0 bridgehead atoms. The van der Waals surface area contributed by atoms with Crippen molar-refractivity contribution < 1.29 is 0 Å². The summed E-state index contributed by atoms with van der Waals surface area (Å²) in [6, 6.07) is 13.7. The average molecular weight is 301 g/mol. The molecular formula is C16H17ClN4. The van der Waals surface area contributed by atoms with Crippen LogP contribution in [0.25, 0.3) is 0 Å². The van der Waals surface area contributed by atoms with Crippen molar-refractivity contribution in [3.63, 3.8) is 0 Å². The molecule has 0 unspecified atom stereocenters. The highest BCUT2D eigenvalue weighted by molar-refractivity contribution is 6.33. The molecule has 4 nitrogen and oxygen atoms in total. The fraction of sp³-hybridized carbons (Fsp3) is 0.250. The van der Waals surface area contributed by atoms with E-state index in [-0.39, 0.29) is 0 Å². The molecule has 1 aliphatic heterocycles. The third-order valence-corrected chi connectivity index (χ3v) is 3.84. The molecule has 108 valence electrons. The van der Waals surface area contributed by atoms with Crippen LogP contribution >= 0.6 is 11.6 Å². The third kappa shape index (κ3) is 3.52. The number of piperazine rings is 1. The number of hydrazone groups is 1. The van der Waals surface area contributed by atoms with Gasteiger partial charge in [-0.1, -0.05) is 35.9 Å². The van der Waals surface area contributed by atoms with Crippen LogP contribution in [0, 0.1) is 0 Å². The molecule has 1 fully saturated rings. The lowest BCUT2D eigenvalue weighted by Gasteiger charge is -2.33. The number of benzene rings is 1. The van der Waals surface area contributed by atoms with Crippen LogP contribution in [-0.2, 0) is 0 Å². The number of pyridine rings is 1. The van der Waals surface area contributed by atoms with Crippen LogP contribution < -0.4 is 4.90 Å². The maximum atomic E-state index is 6.12. The summed E-state index contributed by atoms with van der Waals surface area (Å²) in [7, 11) is 0. The Balaban J connectivity index is 1.58. The van der Waals surface area contributed by atoms with Crippen molar-refractivity contribution in [2.24, 2.45) is 5.10 Å². The zero-order chi connectivity index (χ0) is 14.5. The number of aromatic nitrogens is 1. The summed E-state index contributed by atoms with van der Waals surface area (Å²) in [5.41, 5.74) is 0.950. The number of nitrogens with zero attached hydrogens (tertiary/aromatic N) is 4. The molecule has 0 spiro atoms. The molecule has 3 rings (SSSR count). The van der Waals surface area contributed by atoms with Gasteiger partial charge in [0.05, 0.1) is 19.3 Å². The first-order valence-electron chi connectivity index (χ1n) is 7.02. The topological polar surface area (TPSA) is 31.7 Å². The lowest BCUT2D eigenvalue weighted by Crippen LogP contribution is -2.44. The van der Waals surface area contributed by atoms with E-state index in [2.05, 4.69) is 20.0 Å². The quantitative estimate of drug-likeness (QED) is 0.817. The highest BCUT2D eigenvalue weighted by Gasteiger charge is 2.16. The van der Waals surface area contributed by atoms with Crippen LogP contribution in [0.5, 0.6) is 0 Å². The molecule has 0 N–H and O–H groups in total. The Hall–Kier alpha value is -2.07.